The minimum atomic E-state index is -0.266. The van der Waals surface area contributed by atoms with Crippen molar-refractivity contribution in [3.8, 4) is 22.6 Å². The lowest BCUT2D eigenvalue weighted by molar-refractivity contribution is 0.282. The zero-order chi connectivity index (χ0) is 13.4. The number of halogens is 1. The minimum absolute atomic E-state index is 0.162. The van der Waals surface area contributed by atoms with Crippen LogP contribution in [0.1, 0.15) is 5.56 Å². The number of hydrogen-bond donors (Lipinski definition) is 0. The molecule has 1 unspecified atom stereocenters. The molecule has 0 fully saturated rings. The van der Waals surface area contributed by atoms with Crippen LogP contribution in [0.2, 0.25) is 0 Å². The van der Waals surface area contributed by atoms with E-state index in [4.69, 9.17) is 9.47 Å². The van der Waals surface area contributed by atoms with E-state index < -0.39 is 0 Å². The first kappa shape index (κ1) is 12.0. The van der Waals surface area contributed by atoms with Crippen molar-refractivity contribution < 1.29 is 13.9 Å². The molecule has 2 aromatic rings. The molecule has 3 rings (SSSR count). The van der Waals surface area contributed by atoms with Crippen LogP contribution in [-0.4, -0.2) is 13.2 Å². The minimum Gasteiger partial charge on any atom is -0.496 e. The summed E-state index contributed by atoms with van der Waals surface area (Å²) < 4.78 is 24.8. The molecule has 2 aromatic carbocycles. The van der Waals surface area contributed by atoms with Gasteiger partial charge >= 0.3 is 0 Å². The summed E-state index contributed by atoms with van der Waals surface area (Å²) in [5, 5.41) is 0. The predicted molar refractivity (Wildman–Crippen MR) is 71.9 cm³/mol. The lowest BCUT2D eigenvalue weighted by Gasteiger charge is -2.13. The maximum atomic E-state index is 13.8. The molecule has 1 heterocycles. The van der Waals surface area contributed by atoms with Crippen LogP contribution in [0, 0.1) is 12.7 Å². The van der Waals surface area contributed by atoms with Gasteiger partial charge in [0.15, 0.2) is 0 Å². The summed E-state index contributed by atoms with van der Waals surface area (Å²) in [6.07, 6.45) is 0.472. The second kappa shape index (κ2) is 4.57. The molecule has 1 aliphatic heterocycles. The summed E-state index contributed by atoms with van der Waals surface area (Å²) in [5.41, 5.74) is 2.41. The Hall–Kier alpha value is -2.03. The number of hydrogen-bond acceptors (Lipinski definition) is 2. The van der Waals surface area contributed by atoms with E-state index in [-0.39, 0.29) is 11.9 Å². The van der Waals surface area contributed by atoms with Gasteiger partial charge in [-0.3, -0.25) is 0 Å². The fourth-order valence-corrected chi connectivity index (χ4v) is 2.46. The number of rotatable bonds is 2. The van der Waals surface area contributed by atoms with Crippen molar-refractivity contribution in [3.05, 3.63) is 54.7 Å². The molecular weight excluding hydrogens is 243 g/mol. The molecule has 3 heteroatoms. The van der Waals surface area contributed by atoms with Crippen LogP contribution in [-0.2, 0) is 6.42 Å². The van der Waals surface area contributed by atoms with Crippen molar-refractivity contribution in [3.63, 3.8) is 0 Å². The molecule has 1 atom stereocenters. The standard InChI is InChI=1S/C16H14FO2/c1-10-7-11-8-12(17)9-14(16(11)19-10)13-5-3-4-6-15(13)18-2/h3-6,8-10H,1,7H2,2H3. The first-order valence-corrected chi connectivity index (χ1v) is 6.14. The number of methoxy groups -OCH3 is 1. The van der Waals surface area contributed by atoms with Crippen molar-refractivity contribution in [2.75, 3.05) is 7.11 Å². The Balaban J connectivity index is 2.21. The van der Waals surface area contributed by atoms with Crippen LogP contribution in [0.5, 0.6) is 11.5 Å². The molecule has 0 bridgehead atoms. The number of benzene rings is 2. The van der Waals surface area contributed by atoms with Gasteiger partial charge in [0.05, 0.1) is 7.11 Å². The summed E-state index contributed by atoms with van der Waals surface area (Å²) in [7, 11) is 1.60. The average molecular weight is 257 g/mol. The lowest BCUT2D eigenvalue weighted by Crippen LogP contribution is -2.06. The summed E-state index contributed by atoms with van der Waals surface area (Å²) >= 11 is 0. The smallest absolute Gasteiger partial charge is 0.131 e. The van der Waals surface area contributed by atoms with Crippen molar-refractivity contribution in [2.45, 2.75) is 12.5 Å². The highest BCUT2D eigenvalue weighted by molar-refractivity contribution is 5.77. The Bertz CT molecular complexity index is 622. The van der Waals surface area contributed by atoms with Gasteiger partial charge in [0.25, 0.3) is 0 Å². The molecule has 0 spiro atoms. The third-order valence-corrected chi connectivity index (χ3v) is 3.26. The summed E-state index contributed by atoms with van der Waals surface area (Å²) in [4.78, 5) is 0. The van der Waals surface area contributed by atoms with Crippen LogP contribution in [0.3, 0.4) is 0 Å². The van der Waals surface area contributed by atoms with E-state index in [0.29, 0.717) is 17.9 Å². The fourth-order valence-electron chi connectivity index (χ4n) is 2.46. The van der Waals surface area contributed by atoms with Gasteiger partial charge in [-0.05, 0) is 25.1 Å². The van der Waals surface area contributed by atoms with E-state index in [9.17, 15) is 4.39 Å². The van der Waals surface area contributed by atoms with E-state index in [0.717, 1.165) is 16.7 Å². The van der Waals surface area contributed by atoms with E-state index in [1.54, 1.807) is 7.11 Å². The molecule has 0 amide bonds. The fraction of sp³-hybridized carbons (Fsp3) is 0.188. The molecule has 1 aliphatic rings. The highest BCUT2D eigenvalue weighted by Gasteiger charge is 2.25. The molecule has 97 valence electrons. The average Bonchev–Trinajstić information content (AvgIpc) is 2.77. The molecule has 0 aromatic heterocycles. The number of ether oxygens (including phenoxy) is 2. The van der Waals surface area contributed by atoms with Gasteiger partial charge in [-0.2, -0.15) is 0 Å². The summed E-state index contributed by atoms with van der Waals surface area (Å²) in [6, 6.07) is 10.5. The summed E-state index contributed by atoms with van der Waals surface area (Å²) in [6.45, 7) is 3.88. The molecule has 1 radical (unpaired) electrons. The van der Waals surface area contributed by atoms with Crippen molar-refractivity contribution in [1.82, 2.24) is 0 Å². The zero-order valence-corrected chi connectivity index (χ0v) is 10.7. The van der Waals surface area contributed by atoms with Crippen molar-refractivity contribution >= 4 is 0 Å². The highest BCUT2D eigenvalue weighted by Crippen LogP contribution is 2.42. The number of para-hydroxylation sites is 1. The Morgan fingerprint density at radius 3 is 2.84 bits per heavy atom. The Labute approximate surface area is 111 Å². The third-order valence-electron chi connectivity index (χ3n) is 3.26. The zero-order valence-electron chi connectivity index (χ0n) is 10.7. The second-order valence-electron chi connectivity index (χ2n) is 4.59. The van der Waals surface area contributed by atoms with Gasteiger partial charge in [-0.15, -0.1) is 0 Å². The first-order valence-electron chi connectivity index (χ1n) is 6.14. The van der Waals surface area contributed by atoms with Gasteiger partial charge < -0.3 is 9.47 Å². The second-order valence-corrected chi connectivity index (χ2v) is 4.59. The Kier molecular flexibility index (Phi) is 2.90. The third kappa shape index (κ3) is 2.05. The Morgan fingerprint density at radius 1 is 1.26 bits per heavy atom. The topological polar surface area (TPSA) is 18.5 Å². The van der Waals surface area contributed by atoms with E-state index in [2.05, 4.69) is 6.92 Å². The van der Waals surface area contributed by atoms with E-state index in [1.165, 1.54) is 12.1 Å². The first-order chi connectivity index (χ1) is 9.19. The van der Waals surface area contributed by atoms with E-state index >= 15 is 0 Å². The van der Waals surface area contributed by atoms with Crippen molar-refractivity contribution in [1.29, 1.82) is 0 Å². The molecule has 0 N–H and O–H groups in total. The molecule has 0 saturated carbocycles. The van der Waals surface area contributed by atoms with Gasteiger partial charge in [-0.1, -0.05) is 18.2 Å². The van der Waals surface area contributed by atoms with E-state index in [1.807, 2.05) is 24.3 Å². The van der Waals surface area contributed by atoms with Crippen LogP contribution in [0.25, 0.3) is 11.1 Å². The summed E-state index contributed by atoms with van der Waals surface area (Å²) in [5.74, 6) is 1.15. The van der Waals surface area contributed by atoms with Crippen LogP contribution >= 0.6 is 0 Å². The molecule has 2 nitrogen and oxygen atoms in total. The maximum absolute atomic E-state index is 13.8. The molecule has 0 aliphatic carbocycles. The monoisotopic (exact) mass is 257 g/mol. The van der Waals surface area contributed by atoms with Gasteiger partial charge in [0, 0.05) is 23.1 Å². The molecule has 19 heavy (non-hydrogen) atoms. The molecule has 0 saturated heterocycles. The van der Waals surface area contributed by atoms with Crippen LogP contribution in [0.15, 0.2) is 36.4 Å². The van der Waals surface area contributed by atoms with Gasteiger partial charge in [0.1, 0.15) is 23.4 Å². The quantitative estimate of drug-likeness (QED) is 0.817. The van der Waals surface area contributed by atoms with Crippen LogP contribution < -0.4 is 9.47 Å². The number of fused-ring (bicyclic) bond motifs is 1. The van der Waals surface area contributed by atoms with Crippen molar-refractivity contribution in [2.24, 2.45) is 0 Å². The molecular formula is C16H14FO2. The van der Waals surface area contributed by atoms with Crippen LogP contribution in [0.4, 0.5) is 4.39 Å². The predicted octanol–water partition coefficient (Wildman–Crippen LogP) is 3.64. The SMILES string of the molecule is [CH2]C1Cc2cc(F)cc(-c3ccccc3OC)c2O1. The van der Waals surface area contributed by atoms with Gasteiger partial charge in [-0.25, -0.2) is 4.39 Å². The van der Waals surface area contributed by atoms with Gasteiger partial charge in [0.2, 0.25) is 0 Å². The Morgan fingerprint density at radius 2 is 2.05 bits per heavy atom. The largest absolute Gasteiger partial charge is 0.496 e. The maximum Gasteiger partial charge on any atom is 0.131 e. The normalized spacial score (nSPS) is 16.9. The lowest BCUT2D eigenvalue weighted by atomic mass is 9.99. The highest BCUT2D eigenvalue weighted by atomic mass is 19.1.